The van der Waals surface area contributed by atoms with Gasteiger partial charge in [-0.1, -0.05) is 0 Å². The first kappa shape index (κ1) is 33.8. The van der Waals surface area contributed by atoms with E-state index < -0.39 is 110 Å². The number of aliphatic hydroxyl groups is 1. The monoisotopic (exact) mass is 595 g/mol. The highest BCUT2D eigenvalue weighted by molar-refractivity contribution is 5.73. The third-order valence-electron chi connectivity index (χ3n) is 5.71. The molecular formula is C24H34FNO15. The van der Waals surface area contributed by atoms with Gasteiger partial charge in [0.1, 0.15) is 37.6 Å². The zero-order chi connectivity index (χ0) is 31.0. The maximum atomic E-state index is 15.1. The van der Waals surface area contributed by atoms with Gasteiger partial charge >= 0.3 is 29.8 Å². The second-order valence-electron chi connectivity index (χ2n) is 9.21. The summed E-state index contributed by atoms with van der Waals surface area (Å²) < 4.78 is 57.9. The summed E-state index contributed by atoms with van der Waals surface area (Å²) >= 11 is 0. The molecule has 2 rings (SSSR count). The third-order valence-corrected chi connectivity index (χ3v) is 5.71. The molecule has 0 radical (unpaired) electrons. The molecule has 17 heteroatoms. The van der Waals surface area contributed by atoms with Crippen LogP contribution in [0.4, 0.5) is 4.39 Å². The number of carbonyl (C=O) groups is 6. The average molecular weight is 596 g/mol. The molecule has 0 unspecified atom stereocenters. The van der Waals surface area contributed by atoms with Crippen molar-refractivity contribution >= 4 is 35.8 Å². The number of hydrogen-bond acceptors (Lipinski definition) is 15. The molecule has 2 heterocycles. The molecule has 0 spiro atoms. The minimum atomic E-state index is -2.35. The first-order chi connectivity index (χ1) is 19.1. The van der Waals surface area contributed by atoms with Crippen molar-refractivity contribution in [3.8, 4) is 0 Å². The van der Waals surface area contributed by atoms with Gasteiger partial charge in [0.05, 0.1) is 0 Å². The van der Waals surface area contributed by atoms with Gasteiger partial charge in [0.25, 0.3) is 0 Å². The number of amides is 1. The van der Waals surface area contributed by atoms with Gasteiger partial charge in [-0.05, 0) is 0 Å². The second kappa shape index (κ2) is 15.0. The Bertz CT molecular complexity index is 992. The Balaban J connectivity index is 2.58. The van der Waals surface area contributed by atoms with E-state index in [1.54, 1.807) is 0 Å². The first-order valence-corrected chi connectivity index (χ1v) is 12.4. The van der Waals surface area contributed by atoms with Crippen molar-refractivity contribution in [2.75, 3.05) is 13.2 Å². The van der Waals surface area contributed by atoms with Crippen LogP contribution in [0, 0.1) is 0 Å². The molecule has 2 saturated heterocycles. The van der Waals surface area contributed by atoms with Gasteiger partial charge in [-0.3, -0.25) is 28.8 Å². The molecule has 0 aromatic rings. The molecule has 16 nitrogen and oxygen atoms in total. The highest BCUT2D eigenvalue weighted by Crippen LogP contribution is 2.33. The van der Waals surface area contributed by atoms with Gasteiger partial charge in [-0.2, -0.15) is 0 Å². The summed E-state index contributed by atoms with van der Waals surface area (Å²) in [4.78, 5) is 70.9. The summed E-state index contributed by atoms with van der Waals surface area (Å²) in [5.74, 6) is -4.86. The number of rotatable bonds is 10. The summed E-state index contributed by atoms with van der Waals surface area (Å²) in [5, 5.41) is 12.6. The van der Waals surface area contributed by atoms with E-state index in [4.69, 9.17) is 37.9 Å². The normalized spacial score (nSPS) is 33.1. The van der Waals surface area contributed by atoms with Gasteiger partial charge in [0, 0.05) is 41.5 Å². The maximum Gasteiger partial charge on any atom is 0.303 e. The van der Waals surface area contributed by atoms with Crippen LogP contribution in [0.1, 0.15) is 41.5 Å². The Morgan fingerprint density at radius 3 is 1.61 bits per heavy atom. The van der Waals surface area contributed by atoms with E-state index in [1.165, 1.54) is 0 Å². The number of aliphatic hydroxyl groups excluding tert-OH is 1. The molecule has 41 heavy (non-hydrogen) atoms. The minimum absolute atomic E-state index is 0.548. The Morgan fingerprint density at radius 2 is 1.15 bits per heavy atom. The lowest BCUT2D eigenvalue weighted by atomic mass is 9.95. The van der Waals surface area contributed by atoms with Gasteiger partial charge in [-0.25, -0.2) is 4.39 Å². The highest BCUT2D eigenvalue weighted by Gasteiger charge is 2.55. The predicted molar refractivity (Wildman–Crippen MR) is 127 cm³/mol. The van der Waals surface area contributed by atoms with E-state index in [9.17, 15) is 33.9 Å². The highest BCUT2D eigenvalue weighted by atomic mass is 19.1. The van der Waals surface area contributed by atoms with E-state index in [0.29, 0.717) is 0 Å². The number of carbonyl (C=O) groups excluding carboxylic acids is 6. The number of nitrogens with one attached hydrogen (secondary N) is 1. The summed E-state index contributed by atoms with van der Waals surface area (Å²) in [6.45, 7) is 5.20. The van der Waals surface area contributed by atoms with E-state index >= 15 is 4.39 Å². The smallest absolute Gasteiger partial charge is 0.303 e. The topological polar surface area (TPSA) is 209 Å². The molecule has 2 aliphatic rings. The third kappa shape index (κ3) is 9.87. The molecule has 0 aromatic carbocycles. The maximum absolute atomic E-state index is 15.1. The Hall–Kier alpha value is -3.41. The van der Waals surface area contributed by atoms with Crippen LogP contribution < -0.4 is 5.32 Å². The lowest BCUT2D eigenvalue weighted by Crippen LogP contribution is -2.69. The van der Waals surface area contributed by atoms with Crippen LogP contribution in [-0.4, -0.2) is 115 Å². The SMILES string of the molecule is CC(=O)N[C@H]1[C@H](O[C@H]2[C@H](OC(C)=O)[C@@H](F)[C@@H](O)O[C@@H]2COC(C)=O)O[C@H](COC(C)=O)[C@@H](OC(C)=O)[C@@H]1OC(C)=O. The Kier molecular flexibility index (Phi) is 12.4. The fraction of sp³-hybridized carbons (Fsp3) is 0.750. The van der Waals surface area contributed by atoms with Crippen molar-refractivity contribution in [2.45, 2.75) is 103 Å². The van der Waals surface area contributed by atoms with Crippen LogP contribution in [0.25, 0.3) is 0 Å². The van der Waals surface area contributed by atoms with Crippen molar-refractivity contribution in [2.24, 2.45) is 0 Å². The van der Waals surface area contributed by atoms with Crippen molar-refractivity contribution in [3.63, 3.8) is 0 Å². The number of esters is 5. The van der Waals surface area contributed by atoms with E-state index in [0.717, 1.165) is 41.5 Å². The zero-order valence-electron chi connectivity index (χ0n) is 23.2. The molecule has 10 atom stereocenters. The van der Waals surface area contributed by atoms with Crippen LogP contribution in [0.2, 0.25) is 0 Å². The van der Waals surface area contributed by atoms with Gasteiger partial charge in [0.15, 0.2) is 37.1 Å². The fourth-order valence-corrected chi connectivity index (χ4v) is 4.27. The lowest BCUT2D eigenvalue weighted by molar-refractivity contribution is -0.336. The first-order valence-electron chi connectivity index (χ1n) is 12.4. The number of hydrogen-bond donors (Lipinski definition) is 2. The second-order valence-corrected chi connectivity index (χ2v) is 9.21. The van der Waals surface area contributed by atoms with Gasteiger partial charge in [-0.15, -0.1) is 0 Å². The average Bonchev–Trinajstić information content (AvgIpc) is 2.83. The summed E-state index contributed by atoms with van der Waals surface area (Å²) in [6.07, 6.45) is -15.4. The largest absolute Gasteiger partial charge is 0.463 e. The van der Waals surface area contributed by atoms with Crippen molar-refractivity contribution in [3.05, 3.63) is 0 Å². The van der Waals surface area contributed by atoms with Crippen LogP contribution in [0.3, 0.4) is 0 Å². The van der Waals surface area contributed by atoms with Crippen LogP contribution >= 0.6 is 0 Å². The van der Waals surface area contributed by atoms with E-state index in [-0.39, 0.29) is 0 Å². The molecule has 232 valence electrons. The fourth-order valence-electron chi connectivity index (χ4n) is 4.27. The Morgan fingerprint density at radius 1 is 0.683 bits per heavy atom. The Labute approximate surface area is 234 Å². The van der Waals surface area contributed by atoms with Crippen LogP contribution in [0.5, 0.6) is 0 Å². The lowest BCUT2D eigenvalue weighted by Gasteiger charge is -2.48. The molecule has 2 N–H and O–H groups in total. The minimum Gasteiger partial charge on any atom is -0.463 e. The molecule has 0 aromatic heterocycles. The molecule has 2 aliphatic heterocycles. The van der Waals surface area contributed by atoms with Crippen molar-refractivity contribution in [1.29, 1.82) is 0 Å². The van der Waals surface area contributed by atoms with Gasteiger partial charge in [0.2, 0.25) is 5.91 Å². The predicted octanol–water partition coefficient (Wildman–Crippen LogP) is -1.42. The quantitative estimate of drug-likeness (QED) is 0.219. The van der Waals surface area contributed by atoms with Crippen molar-refractivity contribution in [1.82, 2.24) is 5.32 Å². The van der Waals surface area contributed by atoms with Crippen LogP contribution in [-0.2, 0) is 66.7 Å². The molecule has 2 fully saturated rings. The molecular weight excluding hydrogens is 561 g/mol. The van der Waals surface area contributed by atoms with Crippen molar-refractivity contribution < 1.29 is 76.2 Å². The van der Waals surface area contributed by atoms with Crippen LogP contribution in [0.15, 0.2) is 0 Å². The molecule has 1 amide bonds. The number of alkyl halides is 1. The standard InChI is InChI=1S/C24H34FNO15/c1-9(27)26-18-22(38-14(6)32)20(36-12(4)30)16(8-35-11(3)29)40-24(18)41-19-15(7-34-10(2)28)39-23(33)17(25)21(19)37-13(5)31/h15-24,33H,7-8H2,1-6H3,(H,26,27)/t15-,16-,17-,18-,19-,20-,21-,22-,23+,24+/m1/s1. The molecule has 0 saturated carbocycles. The molecule has 0 bridgehead atoms. The van der Waals surface area contributed by atoms with E-state index in [2.05, 4.69) is 5.32 Å². The van der Waals surface area contributed by atoms with E-state index in [1.807, 2.05) is 0 Å². The zero-order valence-corrected chi connectivity index (χ0v) is 23.2. The summed E-state index contributed by atoms with van der Waals surface area (Å²) in [6, 6.07) is -1.45. The number of ether oxygens (including phenoxy) is 8. The number of halogens is 1. The summed E-state index contributed by atoms with van der Waals surface area (Å²) in [7, 11) is 0. The summed E-state index contributed by atoms with van der Waals surface area (Å²) in [5.41, 5.74) is 0. The molecule has 0 aliphatic carbocycles. The van der Waals surface area contributed by atoms with Gasteiger partial charge < -0.3 is 48.3 Å².